The number of pyridine rings is 2. The highest BCUT2D eigenvalue weighted by Gasteiger charge is 2.31. The van der Waals surface area contributed by atoms with Gasteiger partial charge in [-0.1, -0.05) is 12.8 Å². The van der Waals surface area contributed by atoms with Gasteiger partial charge in [0.1, 0.15) is 11.5 Å². The number of hydrogen-bond donors (Lipinski definition) is 2. The van der Waals surface area contributed by atoms with Gasteiger partial charge < -0.3 is 24.5 Å². The number of Topliss-reactive ketones (excluding diaryl/α,β-unsaturated/α-hetero) is 1. The van der Waals surface area contributed by atoms with Crippen molar-refractivity contribution < 1.29 is 26.9 Å². The fourth-order valence-corrected chi connectivity index (χ4v) is 6.64. The fourth-order valence-electron chi connectivity index (χ4n) is 5.67. The van der Waals surface area contributed by atoms with E-state index < -0.39 is 16.4 Å². The van der Waals surface area contributed by atoms with E-state index in [2.05, 4.69) is 24.8 Å². The van der Waals surface area contributed by atoms with Crippen molar-refractivity contribution in [2.75, 3.05) is 56.7 Å². The minimum atomic E-state index is -4.23. The minimum absolute atomic E-state index is 0.0241. The SMILES string of the molecule is COCCNC(=O)OS(=O)(=O)N1CCN(c2ccc(Nc3ncc4c(C)c(C(C)=O)c(=O)n(C5CCCC5)c4n3)nc2)CC1. The lowest BCUT2D eigenvalue weighted by atomic mass is 10.0. The molecule has 1 saturated heterocycles. The molecule has 5 rings (SSSR count). The van der Waals surface area contributed by atoms with Crippen molar-refractivity contribution in [3.8, 4) is 0 Å². The third-order valence-electron chi connectivity index (χ3n) is 7.91. The highest BCUT2D eigenvalue weighted by Crippen LogP contribution is 2.32. The van der Waals surface area contributed by atoms with Gasteiger partial charge in [0.15, 0.2) is 5.78 Å². The molecule has 0 bridgehead atoms. The third-order valence-corrected chi connectivity index (χ3v) is 9.27. The molecule has 3 aromatic heterocycles. The van der Waals surface area contributed by atoms with Crippen LogP contribution in [0.25, 0.3) is 11.0 Å². The van der Waals surface area contributed by atoms with Crippen LogP contribution in [0.4, 0.5) is 22.2 Å². The summed E-state index contributed by atoms with van der Waals surface area (Å²) in [7, 11) is -2.76. The largest absolute Gasteiger partial charge is 0.423 e. The number of piperazine rings is 1. The van der Waals surface area contributed by atoms with Crippen LogP contribution in [-0.2, 0) is 19.2 Å². The van der Waals surface area contributed by atoms with E-state index in [1.165, 1.54) is 14.0 Å². The molecule has 44 heavy (non-hydrogen) atoms. The molecule has 2 N–H and O–H groups in total. The summed E-state index contributed by atoms with van der Waals surface area (Å²) in [6.45, 7) is 4.53. The molecular formula is C28H36N8O7S. The molecule has 1 amide bonds. The number of aryl methyl sites for hydroxylation is 1. The normalized spacial score (nSPS) is 16.3. The van der Waals surface area contributed by atoms with Crippen molar-refractivity contribution in [3.05, 3.63) is 46.0 Å². The molecular weight excluding hydrogens is 592 g/mol. The highest BCUT2D eigenvalue weighted by molar-refractivity contribution is 7.84. The van der Waals surface area contributed by atoms with Crippen molar-refractivity contribution in [2.45, 2.75) is 45.6 Å². The topological polar surface area (TPSA) is 178 Å². The van der Waals surface area contributed by atoms with Crippen LogP contribution in [0, 0.1) is 6.92 Å². The van der Waals surface area contributed by atoms with Crippen molar-refractivity contribution >= 4 is 50.7 Å². The molecule has 0 radical (unpaired) electrons. The standard InChI is InChI=1S/C28H36N8O7S/c1-18-22-17-31-27(33-25(22)36(20-6-4-5-7-20)26(38)24(18)19(2)37)32-23-9-8-21(16-30-23)34-11-13-35(14-12-34)44(40,41)43-28(39)29-10-15-42-3/h8-9,16-17,20H,4-7,10-15H2,1-3H3,(H,29,39)(H,30,31,32,33). The zero-order valence-electron chi connectivity index (χ0n) is 24.9. The zero-order chi connectivity index (χ0) is 31.4. The summed E-state index contributed by atoms with van der Waals surface area (Å²) in [6, 6.07) is 3.58. The third kappa shape index (κ3) is 6.66. The Kier molecular flexibility index (Phi) is 9.41. The molecule has 2 fully saturated rings. The van der Waals surface area contributed by atoms with E-state index in [-0.39, 0.29) is 55.1 Å². The van der Waals surface area contributed by atoms with Gasteiger partial charge in [-0.15, -0.1) is 0 Å². The maximum atomic E-state index is 13.4. The van der Waals surface area contributed by atoms with Crippen molar-refractivity contribution in [1.82, 2.24) is 29.1 Å². The van der Waals surface area contributed by atoms with Gasteiger partial charge in [0.25, 0.3) is 5.56 Å². The number of nitrogens with one attached hydrogen (secondary N) is 2. The molecule has 4 heterocycles. The number of carbonyl (C=O) groups excluding carboxylic acids is 2. The first-order chi connectivity index (χ1) is 21.1. The van der Waals surface area contributed by atoms with Crippen LogP contribution in [0.5, 0.6) is 0 Å². The van der Waals surface area contributed by atoms with Crippen LogP contribution in [0.15, 0.2) is 29.3 Å². The van der Waals surface area contributed by atoms with E-state index in [0.29, 0.717) is 35.5 Å². The van der Waals surface area contributed by atoms with Gasteiger partial charge in [-0.3, -0.25) is 14.2 Å². The average Bonchev–Trinajstić information content (AvgIpc) is 3.52. The first kappa shape index (κ1) is 31.3. The lowest BCUT2D eigenvalue weighted by Crippen LogP contribution is -2.50. The molecule has 3 aromatic rings. The zero-order valence-corrected chi connectivity index (χ0v) is 25.7. The van der Waals surface area contributed by atoms with Gasteiger partial charge in [-0.05, 0) is 44.4 Å². The first-order valence-corrected chi connectivity index (χ1v) is 15.8. The number of carbonyl (C=O) groups is 2. The summed E-state index contributed by atoms with van der Waals surface area (Å²) in [5.74, 6) is 0.475. The summed E-state index contributed by atoms with van der Waals surface area (Å²) >= 11 is 0. The van der Waals surface area contributed by atoms with Gasteiger partial charge in [0.05, 0.1) is 24.1 Å². The number of hydrogen-bond acceptors (Lipinski definition) is 12. The Balaban J connectivity index is 1.27. The highest BCUT2D eigenvalue weighted by atomic mass is 32.2. The molecule has 15 nitrogen and oxygen atoms in total. The summed E-state index contributed by atoms with van der Waals surface area (Å²) in [5.41, 5.74) is 1.72. The molecule has 0 spiro atoms. The fraction of sp³-hybridized carbons (Fsp3) is 0.500. The molecule has 0 unspecified atom stereocenters. The molecule has 1 aliphatic carbocycles. The number of anilines is 3. The Morgan fingerprint density at radius 1 is 1.07 bits per heavy atom. The summed E-state index contributed by atoms with van der Waals surface area (Å²) in [5, 5.41) is 6.08. The number of fused-ring (bicyclic) bond motifs is 1. The molecule has 236 valence electrons. The smallest absolute Gasteiger partial charge is 0.383 e. The summed E-state index contributed by atoms with van der Waals surface area (Å²) < 4.78 is 37.2. The van der Waals surface area contributed by atoms with Crippen LogP contribution in [-0.4, -0.2) is 90.6 Å². The molecule has 0 atom stereocenters. The van der Waals surface area contributed by atoms with Crippen LogP contribution >= 0.6 is 0 Å². The van der Waals surface area contributed by atoms with E-state index in [4.69, 9.17) is 9.72 Å². The average molecular weight is 629 g/mol. The maximum absolute atomic E-state index is 13.4. The Bertz CT molecular complexity index is 1700. The van der Waals surface area contributed by atoms with Gasteiger partial charge in [-0.25, -0.2) is 14.8 Å². The van der Waals surface area contributed by atoms with Gasteiger partial charge >= 0.3 is 16.4 Å². The van der Waals surface area contributed by atoms with E-state index in [1.54, 1.807) is 30.0 Å². The summed E-state index contributed by atoms with van der Waals surface area (Å²) in [6.07, 6.45) is 5.96. The van der Waals surface area contributed by atoms with Crippen molar-refractivity contribution in [1.29, 1.82) is 0 Å². The van der Waals surface area contributed by atoms with Crippen LogP contribution in [0.3, 0.4) is 0 Å². The minimum Gasteiger partial charge on any atom is -0.383 e. The van der Waals surface area contributed by atoms with Gasteiger partial charge in [0, 0.05) is 57.5 Å². The van der Waals surface area contributed by atoms with Crippen LogP contribution in [0.1, 0.15) is 54.6 Å². The second-order valence-corrected chi connectivity index (χ2v) is 12.3. The number of aromatic nitrogens is 4. The predicted molar refractivity (Wildman–Crippen MR) is 163 cm³/mol. The molecule has 2 aliphatic rings. The second kappa shape index (κ2) is 13.2. The summed E-state index contributed by atoms with van der Waals surface area (Å²) in [4.78, 5) is 53.2. The van der Waals surface area contributed by atoms with E-state index >= 15 is 0 Å². The quantitative estimate of drug-likeness (QED) is 0.248. The Labute approximate surface area is 254 Å². The van der Waals surface area contributed by atoms with E-state index in [9.17, 15) is 22.8 Å². The molecule has 1 aliphatic heterocycles. The lowest BCUT2D eigenvalue weighted by molar-refractivity contribution is 0.101. The predicted octanol–water partition coefficient (Wildman–Crippen LogP) is 2.30. The number of ether oxygens (including phenoxy) is 1. The number of ketones is 1. The molecule has 1 saturated carbocycles. The Morgan fingerprint density at radius 3 is 2.43 bits per heavy atom. The van der Waals surface area contributed by atoms with E-state index in [0.717, 1.165) is 35.7 Å². The Hall–Kier alpha value is -4.15. The van der Waals surface area contributed by atoms with Crippen LogP contribution < -0.4 is 21.1 Å². The number of amides is 1. The number of nitrogens with zero attached hydrogens (tertiary/aromatic N) is 6. The maximum Gasteiger partial charge on any atom is 0.423 e. The number of methoxy groups -OCH3 is 1. The number of rotatable bonds is 10. The van der Waals surface area contributed by atoms with Crippen molar-refractivity contribution in [2.24, 2.45) is 0 Å². The van der Waals surface area contributed by atoms with Crippen molar-refractivity contribution in [3.63, 3.8) is 0 Å². The lowest BCUT2D eigenvalue weighted by Gasteiger charge is -2.34. The monoisotopic (exact) mass is 628 g/mol. The van der Waals surface area contributed by atoms with Crippen LogP contribution in [0.2, 0.25) is 0 Å². The molecule has 16 heteroatoms. The first-order valence-electron chi connectivity index (χ1n) is 14.5. The van der Waals surface area contributed by atoms with E-state index in [1.807, 2.05) is 11.0 Å². The Morgan fingerprint density at radius 2 is 1.80 bits per heavy atom. The second-order valence-electron chi connectivity index (χ2n) is 10.8. The van der Waals surface area contributed by atoms with Gasteiger partial charge in [-0.2, -0.15) is 17.7 Å². The van der Waals surface area contributed by atoms with Gasteiger partial charge in [0.2, 0.25) is 5.95 Å². The molecule has 0 aromatic carbocycles.